The Morgan fingerprint density at radius 1 is 1.26 bits per heavy atom. The molecule has 0 aliphatic heterocycles. The fraction of sp³-hybridized carbons (Fsp3) is 0.467. The number of ketones is 1. The van der Waals surface area contributed by atoms with Gasteiger partial charge in [0.2, 0.25) is 0 Å². The Morgan fingerprint density at radius 2 is 1.89 bits per heavy atom. The van der Waals surface area contributed by atoms with E-state index in [1.54, 1.807) is 24.3 Å². The number of hydrogen-bond donors (Lipinski definition) is 0. The predicted octanol–water partition coefficient (Wildman–Crippen LogP) is 2.68. The van der Waals surface area contributed by atoms with Crippen molar-refractivity contribution in [3.05, 3.63) is 35.4 Å². The summed E-state index contributed by atoms with van der Waals surface area (Å²) in [5.74, 6) is 1.19. The highest BCUT2D eigenvalue weighted by Crippen LogP contribution is 2.25. The van der Waals surface area contributed by atoms with E-state index < -0.39 is 10.8 Å². The van der Waals surface area contributed by atoms with Gasteiger partial charge in [0, 0.05) is 22.1 Å². The second kappa shape index (κ2) is 6.63. The van der Waals surface area contributed by atoms with Crippen molar-refractivity contribution < 1.29 is 9.00 Å². The largest absolute Gasteiger partial charge is 0.293 e. The molecule has 1 fully saturated rings. The highest BCUT2D eigenvalue weighted by atomic mass is 32.2. The Morgan fingerprint density at radius 3 is 2.47 bits per heavy atom. The minimum Gasteiger partial charge on any atom is -0.293 e. The molecule has 0 radical (unpaired) electrons. The average Bonchev–Trinajstić information content (AvgIpc) is 2.91. The summed E-state index contributed by atoms with van der Waals surface area (Å²) in [5, 5.41) is 8.69. The molecular weight excluding hydrogens is 258 g/mol. The molecule has 1 aliphatic carbocycles. The van der Waals surface area contributed by atoms with Crippen molar-refractivity contribution in [1.29, 1.82) is 5.26 Å². The van der Waals surface area contributed by atoms with Crippen LogP contribution in [0, 0.1) is 17.2 Å². The third-order valence-electron chi connectivity index (χ3n) is 3.52. The van der Waals surface area contributed by atoms with E-state index in [-0.39, 0.29) is 11.5 Å². The maximum Gasteiger partial charge on any atom is 0.175 e. The SMILES string of the molecule is N#Cc1ccc(C(=O)CS(=O)CC2CCCC2)cc1. The first-order valence-corrected chi connectivity index (χ1v) is 8.06. The number of rotatable bonds is 5. The van der Waals surface area contributed by atoms with Gasteiger partial charge in [-0.15, -0.1) is 0 Å². The van der Waals surface area contributed by atoms with Gasteiger partial charge in [-0.05, 0) is 30.9 Å². The summed E-state index contributed by atoms with van der Waals surface area (Å²) in [5.41, 5.74) is 1.07. The molecule has 1 atom stereocenters. The highest BCUT2D eigenvalue weighted by molar-refractivity contribution is 7.85. The highest BCUT2D eigenvalue weighted by Gasteiger charge is 2.19. The molecule has 1 unspecified atom stereocenters. The molecule has 4 heteroatoms. The van der Waals surface area contributed by atoms with E-state index in [9.17, 15) is 9.00 Å². The van der Waals surface area contributed by atoms with Gasteiger partial charge in [0.15, 0.2) is 5.78 Å². The lowest BCUT2D eigenvalue weighted by Crippen LogP contribution is -2.17. The lowest BCUT2D eigenvalue weighted by atomic mass is 10.1. The molecule has 3 nitrogen and oxygen atoms in total. The summed E-state index contributed by atoms with van der Waals surface area (Å²) in [7, 11) is -1.06. The van der Waals surface area contributed by atoms with Gasteiger partial charge in [-0.2, -0.15) is 5.26 Å². The number of benzene rings is 1. The van der Waals surface area contributed by atoms with Crippen molar-refractivity contribution in [3.63, 3.8) is 0 Å². The van der Waals surface area contributed by atoms with E-state index in [1.165, 1.54) is 12.8 Å². The number of nitrogens with zero attached hydrogens (tertiary/aromatic N) is 1. The maximum atomic E-state index is 12.0. The van der Waals surface area contributed by atoms with E-state index in [0.29, 0.717) is 22.8 Å². The number of nitriles is 1. The smallest absolute Gasteiger partial charge is 0.175 e. The molecule has 1 aliphatic rings. The predicted molar refractivity (Wildman–Crippen MR) is 75.3 cm³/mol. The quantitative estimate of drug-likeness (QED) is 0.776. The van der Waals surface area contributed by atoms with Crippen LogP contribution in [0.4, 0.5) is 0 Å². The Labute approximate surface area is 116 Å². The van der Waals surface area contributed by atoms with Gasteiger partial charge in [0.1, 0.15) is 0 Å². The molecule has 0 spiro atoms. The first-order chi connectivity index (χ1) is 9.19. The van der Waals surface area contributed by atoms with Crippen molar-refractivity contribution in [3.8, 4) is 6.07 Å². The van der Waals surface area contributed by atoms with Crippen LogP contribution in [0.15, 0.2) is 24.3 Å². The number of hydrogen-bond acceptors (Lipinski definition) is 3. The molecular formula is C15H17NO2S. The van der Waals surface area contributed by atoms with Crippen molar-refractivity contribution in [2.75, 3.05) is 11.5 Å². The Kier molecular flexibility index (Phi) is 4.86. The molecule has 0 saturated heterocycles. The Bertz CT molecular complexity index is 510. The van der Waals surface area contributed by atoms with Crippen LogP contribution < -0.4 is 0 Å². The summed E-state index contributed by atoms with van der Waals surface area (Å²) >= 11 is 0. The molecule has 0 aromatic heterocycles. The number of carbonyl (C=O) groups is 1. The van der Waals surface area contributed by atoms with E-state index >= 15 is 0 Å². The zero-order valence-corrected chi connectivity index (χ0v) is 11.6. The van der Waals surface area contributed by atoms with Crippen LogP contribution in [0.2, 0.25) is 0 Å². The number of carbonyl (C=O) groups excluding carboxylic acids is 1. The van der Waals surface area contributed by atoms with Crippen LogP contribution >= 0.6 is 0 Å². The number of Topliss-reactive ketones (excluding diaryl/α,β-unsaturated/α-hetero) is 1. The van der Waals surface area contributed by atoms with E-state index in [2.05, 4.69) is 0 Å². The molecule has 2 rings (SSSR count). The lowest BCUT2D eigenvalue weighted by molar-refractivity contribution is 0.102. The van der Waals surface area contributed by atoms with Crippen LogP contribution in [-0.2, 0) is 10.8 Å². The monoisotopic (exact) mass is 275 g/mol. The van der Waals surface area contributed by atoms with Gasteiger partial charge in [-0.25, -0.2) is 0 Å². The van der Waals surface area contributed by atoms with Gasteiger partial charge in [0.05, 0.1) is 17.4 Å². The summed E-state index contributed by atoms with van der Waals surface area (Å²) in [6.07, 6.45) is 4.75. The van der Waals surface area contributed by atoms with Gasteiger partial charge in [0.25, 0.3) is 0 Å². The summed E-state index contributed by atoms with van der Waals surface area (Å²) < 4.78 is 11.9. The Hall–Kier alpha value is -1.47. The van der Waals surface area contributed by atoms with Crippen LogP contribution in [0.25, 0.3) is 0 Å². The van der Waals surface area contributed by atoms with Gasteiger partial charge in [-0.1, -0.05) is 25.0 Å². The third kappa shape index (κ3) is 4.00. The zero-order chi connectivity index (χ0) is 13.7. The van der Waals surface area contributed by atoms with Gasteiger partial charge < -0.3 is 0 Å². The summed E-state index contributed by atoms with van der Waals surface area (Å²) in [6.45, 7) is 0. The second-order valence-corrected chi connectivity index (χ2v) is 6.52. The van der Waals surface area contributed by atoms with Crippen molar-refractivity contribution in [2.45, 2.75) is 25.7 Å². The molecule has 1 aromatic rings. The first kappa shape index (κ1) is 14.0. The topological polar surface area (TPSA) is 57.9 Å². The van der Waals surface area contributed by atoms with Crippen molar-refractivity contribution in [2.24, 2.45) is 5.92 Å². The standard InChI is InChI=1S/C15H17NO2S/c16-9-12-5-7-14(8-6-12)15(17)11-19(18)10-13-3-1-2-4-13/h5-8,13H,1-4,10-11H2. The molecule has 19 heavy (non-hydrogen) atoms. The van der Waals surface area contributed by atoms with Crippen LogP contribution in [0.5, 0.6) is 0 Å². The van der Waals surface area contributed by atoms with E-state index in [1.807, 2.05) is 6.07 Å². The van der Waals surface area contributed by atoms with E-state index in [0.717, 1.165) is 12.8 Å². The van der Waals surface area contributed by atoms with Gasteiger partial charge in [-0.3, -0.25) is 9.00 Å². The maximum absolute atomic E-state index is 12.0. The van der Waals surface area contributed by atoms with Crippen LogP contribution in [0.1, 0.15) is 41.6 Å². The van der Waals surface area contributed by atoms with Crippen molar-refractivity contribution in [1.82, 2.24) is 0 Å². The molecule has 0 heterocycles. The average molecular weight is 275 g/mol. The molecule has 1 saturated carbocycles. The normalized spacial score (nSPS) is 17.0. The minimum atomic E-state index is -1.06. The first-order valence-electron chi connectivity index (χ1n) is 6.57. The summed E-state index contributed by atoms with van der Waals surface area (Å²) in [6, 6.07) is 8.51. The third-order valence-corrected chi connectivity index (χ3v) is 4.95. The Balaban J connectivity index is 1.88. The van der Waals surface area contributed by atoms with Crippen LogP contribution in [0.3, 0.4) is 0 Å². The fourth-order valence-electron chi connectivity index (χ4n) is 2.46. The lowest BCUT2D eigenvalue weighted by Gasteiger charge is -2.08. The molecule has 0 N–H and O–H groups in total. The van der Waals surface area contributed by atoms with Gasteiger partial charge >= 0.3 is 0 Å². The zero-order valence-electron chi connectivity index (χ0n) is 10.8. The van der Waals surface area contributed by atoms with E-state index in [4.69, 9.17) is 5.26 Å². The molecule has 1 aromatic carbocycles. The molecule has 0 amide bonds. The van der Waals surface area contributed by atoms with Crippen molar-refractivity contribution >= 4 is 16.6 Å². The molecule has 100 valence electrons. The fourth-order valence-corrected chi connectivity index (χ4v) is 3.90. The van der Waals surface area contributed by atoms with Crippen LogP contribution in [-0.4, -0.2) is 21.5 Å². The molecule has 0 bridgehead atoms. The summed E-state index contributed by atoms with van der Waals surface area (Å²) in [4.78, 5) is 12.0. The minimum absolute atomic E-state index is 0.0965. The second-order valence-electron chi connectivity index (χ2n) is 5.01.